The molecular formula is C17H14N2O. The Kier molecular flexibility index (Phi) is 1.71. The molecule has 0 saturated carbocycles. The molecule has 0 fully saturated rings. The molecule has 3 heteroatoms. The second-order valence-electron chi connectivity index (χ2n) is 4.10. The Hall–Kier alpha value is -2.68. The number of hydrogen-bond acceptors (Lipinski definition) is 2. The average molecular weight is 269 g/mol. The summed E-state index contributed by atoms with van der Waals surface area (Å²) in [6, 6.07) is 7.51. The number of carbonyl (C=O) groups excluding carboxylic acids is 1. The summed E-state index contributed by atoms with van der Waals surface area (Å²) in [7, 11) is 0. The van der Waals surface area contributed by atoms with Crippen LogP contribution in [0.5, 0.6) is 0 Å². The van der Waals surface area contributed by atoms with Crippen molar-refractivity contribution in [2.24, 2.45) is 0 Å². The monoisotopic (exact) mass is 269 g/mol. The highest BCUT2D eigenvalue weighted by molar-refractivity contribution is 6.08. The van der Waals surface area contributed by atoms with E-state index in [1.807, 2.05) is 0 Å². The summed E-state index contributed by atoms with van der Waals surface area (Å²) in [6.45, 7) is -2.79. The third-order valence-electron chi connectivity index (χ3n) is 2.82. The first kappa shape index (κ1) is 6.66. The molecule has 1 N–H and O–H groups in total. The topological polar surface area (TPSA) is 42.0 Å². The molecule has 1 aromatic heterocycles. The van der Waals surface area contributed by atoms with E-state index in [1.54, 1.807) is 24.3 Å². The third-order valence-corrected chi connectivity index (χ3v) is 2.82. The Balaban J connectivity index is 2.12. The number of nitrogens with one attached hydrogen (secondary N) is 1. The number of aromatic nitrogens is 1. The van der Waals surface area contributed by atoms with Gasteiger partial charge in [0, 0.05) is 21.2 Å². The molecule has 3 nitrogen and oxygen atoms in total. The number of amides is 1. The second kappa shape index (κ2) is 5.13. The van der Waals surface area contributed by atoms with Crippen LogP contribution in [0.1, 0.15) is 25.5 Å². The second-order valence-corrected chi connectivity index (χ2v) is 4.10. The van der Waals surface area contributed by atoms with Crippen LogP contribution in [0.25, 0.3) is 10.9 Å². The van der Waals surface area contributed by atoms with Crippen LogP contribution in [-0.2, 0) is 0 Å². The number of para-hydroxylation sites is 1. The van der Waals surface area contributed by atoms with E-state index in [0.717, 1.165) is 6.07 Å². The fourth-order valence-electron chi connectivity index (χ4n) is 1.87. The predicted molar refractivity (Wildman–Crippen MR) is 80.9 cm³/mol. The highest BCUT2D eigenvalue weighted by Crippen LogP contribution is 2.21. The molecule has 1 amide bonds. The van der Waals surface area contributed by atoms with Crippen LogP contribution in [0.15, 0.2) is 60.7 Å². The summed E-state index contributed by atoms with van der Waals surface area (Å²) in [5.74, 6) is -0.826. The minimum atomic E-state index is -2.79. The maximum Gasteiger partial charge on any atom is 0.255 e. The minimum absolute atomic E-state index is 0.00725. The van der Waals surface area contributed by atoms with Crippen molar-refractivity contribution < 1.29 is 14.4 Å². The van der Waals surface area contributed by atoms with E-state index in [-0.39, 0.29) is 17.4 Å². The maximum absolute atomic E-state index is 12.8. The zero-order chi connectivity index (χ0) is 19.9. The lowest BCUT2D eigenvalue weighted by Gasteiger charge is -2.09. The lowest BCUT2D eigenvalue weighted by atomic mass is 10.1. The van der Waals surface area contributed by atoms with E-state index < -0.39 is 36.4 Å². The molecule has 0 atom stereocenters. The van der Waals surface area contributed by atoms with Gasteiger partial charge in [0.25, 0.3) is 5.91 Å². The number of benzene rings is 2. The molecule has 20 heavy (non-hydrogen) atoms. The number of hydrogen-bond donors (Lipinski definition) is 1. The van der Waals surface area contributed by atoms with Crippen molar-refractivity contribution in [1.82, 2.24) is 4.98 Å². The fourth-order valence-corrected chi connectivity index (χ4v) is 1.87. The number of rotatable bonds is 2. The standard InChI is InChI=1S/C17H14N2O/c1-12-6-2-3-9-14(12)17(20)19-15-10-4-7-13-8-5-11-18-16(13)15/h2-11H,1H3,(H,19,20)/i1D3,2D,3D,6D,11D. The number of nitrogens with zero attached hydrogens (tertiary/aromatic N) is 1. The van der Waals surface area contributed by atoms with Crippen LogP contribution < -0.4 is 5.32 Å². The van der Waals surface area contributed by atoms with Crippen molar-refractivity contribution >= 4 is 22.5 Å². The van der Waals surface area contributed by atoms with E-state index in [1.165, 1.54) is 6.07 Å². The molecule has 0 spiro atoms. The summed E-state index contributed by atoms with van der Waals surface area (Å²) in [5, 5.41) is 3.24. The van der Waals surface area contributed by atoms with Gasteiger partial charge in [-0.3, -0.25) is 9.78 Å². The van der Waals surface area contributed by atoms with Gasteiger partial charge in [0.15, 0.2) is 0 Å². The molecule has 0 radical (unpaired) electrons. The minimum Gasteiger partial charge on any atom is -0.320 e. The number of pyridine rings is 1. The quantitative estimate of drug-likeness (QED) is 0.769. The van der Waals surface area contributed by atoms with Crippen LogP contribution in [-0.4, -0.2) is 10.9 Å². The first-order valence-electron chi connectivity index (χ1n) is 9.38. The van der Waals surface area contributed by atoms with Gasteiger partial charge in [0.05, 0.1) is 16.7 Å². The Labute approximate surface area is 127 Å². The number of anilines is 1. The third kappa shape index (κ3) is 2.26. The highest BCUT2D eigenvalue weighted by Gasteiger charge is 2.10. The van der Waals surface area contributed by atoms with Crippen LogP contribution in [0, 0.1) is 6.85 Å². The summed E-state index contributed by atoms with van der Waals surface area (Å²) in [6.07, 6.45) is 0.00725. The van der Waals surface area contributed by atoms with E-state index >= 15 is 0 Å². The molecule has 0 bridgehead atoms. The lowest BCUT2D eigenvalue weighted by molar-refractivity contribution is 0.102. The average Bonchev–Trinajstić information content (AvgIpc) is 2.58. The van der Waals surface area contributed by atoms with E-state index in [0.29, 0.717) is 10.9 Å². The van der Waals surface area contributed by atoms with Gasteiger partial charge >= 0.3 is 0 Å². The maximum atomic E-state index is 12.8. The van der Waals surface area contributed by atoms with E-state index in [4.69, 9.17) is 9.60 Å². The fraction of sp³-hybridized carbons (Fsp3) is 0.0588. The molecule has 0 aliphatic heterocycles. The summed E-state index contributed by atoms with van der Waals surface area (Å²) in [5.41, 5.74) is -0.297. The van der Waals surface area contributed by atoms with Gasteiger partial charge in [-0.1, -0.05) is 36.3 Å². The smallest absolute Gasteiger partial charge is 0.255 e. The zero-order valence-electron chi connectivity index (χ0n) is 17.3. The molecule has 3 aromatic rings. The van der Waals surface area contributed by atoms with Crippen LogP contribution in [0.3, 0.4) is 0 Å². The summed E-state index contributed by atoms with van der Waals surface area (Å²) >= 11 is 0. The van der Waals surface area contributed by atoms with E-state index in [9.17, 15) is 4.79 Å². The molecule has 0 aliphatic rings. The van der Waals surface area contributed by atoms with Gasteiger partial charge in [0.1, 0.15) is 0 Å². The normalized spacial score (nSPS) is 16.1. The first-order chi connectivity index (χ1) is 12.6. The van der Waals surface area contributed by atoms with Crippen molar-refractivity contribution in [2.45, 2.75) is 6.85 Å². The van der Waals surface area contributed by atoms with Gasteiger partial charge in [-0.25, -0.2) is 0 Å². The lowest BCUT2D eigenvalue weighted by Crippen LogP contribution is -2.13. The van der Waals surface area contributed by atoms with Gasteiger partial charge in [-0.05, 0) is 30.6 Å². The van der Waals surface area contributed by atoms with Gasteiger partial charge < -0.3 is 5.32 Å². The van der Waals surface area contributed by atoms with Crippen molar-refractivity contribution in [2.75, 3.05) is 5.32 Å². The van der Waals surface area contributed by atoms with Crippen molar-refractivity contribution in [3.63, 3.8) is 0 Å². The molecule has 3 rings (SSSR count). The molecule has 2 aromatic carbocycles. The first-order valence-corrected chi connectivity index (χ1v) is 5.88. The van der Waals surface area contributed by atoms with Gasteiger partial charge in [-0.15, -0.1) is 0 Å². The van der Waals surface area contributed by atoms with Gasteiger partial charge in [0.2, 0.25) is 0 Å². The molecular weight excluding hydrogens is 248 g/mol. The SMILES string of the molecule is [2H]c1ccc2cccc(NC(=O)c3cc([2H])c([2H])c([2H])c3C([2H])([2H])[2H])c2n1. The summed E-state index contributed by atoms with van der Waals surface area (Å²) in [4.78, 5) is 16.8. The van der Waals surface area contributed by atoms with Crippen LogP contribution >= 0.6 is 0 Å². The zero-order valence-corrected chi connectivity index (χ0v) is 10.3. The Morgan fingerprint density at radius 1 is 1.25 bits per heavy atom. The van der Waals surface area contributed by atoms with Crippen molar-refractivity contribution in [1.29, 1.82) is 0 Å². The number of carbonyl (C=O) groups is 1. The van der Waals surface area contributed by atoms with Crippen molar-refractivity contribution in [3.8, 4) is 0 Å². The molecule has 0 saturated heterocycles. The van der Waals surface area contributed by atoms with Crippen LogP contribution in [0.2, 0.25) is 0 Å². The highest BCUT2D eigenvalue weighted by atomic mass is 16.1. The van der Waals surface area contributed by atoms with Crippen LogP contribution in [0.4, 0.5) is 5.69 Å². The van der Waals surface area contributed by atoms with E-state index in [2.05, 4.69) is 10.3 Å². The summed E-state index contributed by atoms with van der Waals surface area (Å²) < 4.78 is 53.7. The Morgan fingerprint density at radius 2 is 2.15 bits per heavy atom. The molecule has 1 heterocycles. The Morgan fingerprint density at radius 3 is 3.05 bits per heavy atom. The van der Waals surface area contributed by atoms with Crippen molar-refractivity contribution in [3.05, 3.63) is 71.8 Å². The molecule has 98 valence electrons. The predicted octanol–water partition coefficient (Wildman–Crippen LogP) is 3.80. The molecule has 0 unspecified atom stereocenters. The Bertz CT molecular complexity index is 1060. The van der Waals surface area contributed by atoms with Gasteiger partial charge in [-0.2, -0.15) is 0 Å². The molecule has 0 aliphatic carbocycles. The largest absolute Gasteiger partial charge is 0.320 e. The number of fused-ring (bicyclic) bond motifs is 1.